The number of aromatic nitrogens is 1. The number of hydrogen-bond donors (Lipinski definition) is 0. The van der Waals surface area contributed by atoms with Crippen LogP contribution in [0, 0.1) is 0 Å². The Morgan fingerprint density at radius 1 is 1.18 bits per heavy atom. The summed E-state index contributed by atoms with van der Waals surface area (Å²) in [7, 11) is 2.13. The Hall–Kier alpha value is -2.14. The predicted molar refractivity (Wildman–Crippen MR) is 89.0 cm³/mol. The van der Waals surface area contributed by atoms with Crippen molar-refractivity contribution in [2.24, 2.45) is 0 Å². The summed E-state index contributed by atoms with van der Waals surface area (Å²) in [6.45, 7) is 6.81. The summed E-state index contributed by atoms with van der Waals surface area (Å²) in [5.74, 6) is 0. The van der Waals surface area contributed by atoms with Crippen molar-refractivity contribution in [2.45, 2.75) is 13.5 Å². The van der Waals surface area contributed by atoms with Crippen LogP contribution in [0.4, 0.5) is 5.69 Å². The zero-order valence-corrected chi connectivity index (χ0v) is 13.1. The molecule has 0 radical (unpaired) electrons. The molecule has 3 rings (SSSR count). The summed E-state index contributed by atoms with van der Waals surface area (Å²) in [6, 6.07) is 5.91. The van der Waals surface area contributed by atoms with Crippen LogP contribution in [0.2, 0.25) is 0 Å². The molecule has 1 aliphatic heterocycles. The summed E-state index contributed by atoms with van der Waals surface area (Å²) in [6.07, 6.45) is 2.30. The van der Waals surface area contributed by atoms with E-state index in [4.69, 9.17) is 0 Å². The smallest absolute Gasteiger partial charge is 0.199 e. The largest absolute Gasteiger partial charge is 0.369 e. The standard InChI is InChI=1S/C17H21N3O2/c1-3-19-11-13(12-21)17(22)15-5-4-14(10-16(15)19)20-8-6-18(2)7-9-20/h4-5,10-12H,3,6-9H2,1-2H3. The quantitative estimate of drug-likeness (QED) is 0.807. The van der Waals surface area contributed by atoms with Crippen molar-refractivity contribution < 1.29 is 4.79 Å². The summed E-state index contributed by atoms with van der Waals surface area (Å²) < 4.78 is 1.97. The minimum absolute atomic E-state index is 0.181. The third-order valence-electron chi connectivity index (χ3n) is 4.43. The number of benzene rings is 1. The molecule has 0 aliphatic carbocycles. The number of rotatable bonds is 3. The Labute approximate surface area is 129 Å². The molecular formula is C17H21N3O2. The minimum atomic E-state index is -0.181. The van der Waals surface area contributed by atoms with Crippen molar-refractivity contribution >= 4 is 22.9 Å². The number of anilines is 1. The van der Waals surface area contributed by atoms with Crippen molar-refractivity contribution in [3.8, 4) is 0 Å². The highest BCUT2D eigenvalue weighted by Gasteiger charge is 2.16. The second-order valence-electron chi connectivity index (χ2n) is 5.81. The van der Waals surface area contributed by atoms with Crippen LogP contribution in [0.5, 0.6) is 0 Å². The van der Waals surface area contributed by atoms with E-state index in [0.29, 0.717) is 11.7 Å². The van der Waals surface area contributed by atoms with Crippen LogP contribution >= 0.6 is 0 Å². The number of hydrogen-bond acceptors (Lipinski definition) is 4. The van der Waals surface area contributed by atoms with E-state index < -0.39 is 0 Å². The molecule has 0 amide bonds. The van der Waals surface area contributed by atoms with E-state index in [1.807, 2.05) is 23.6 Å². The highest BCUT2D eigenvalue weighted by Crippen LogP contribution is 2.22. The summed E-state index contributed by atoms with van der Waals surface area (Å²) in [5, 5.41) is 0.615. The van der Waals surface area contributed by atoms with Gasteiger partial charge in [-0.15, -0.1) is 0 Å². The molecule has 1 fully saturated rings. The molecule has 1 aliphatic rings. The first kappa shape index (κ1) is 14.8. The van der Waals surface area contributed by atoms with Gasteiger partial charge in [-0.3, -0.25) is 9.59 Å². The van der Waals surface area contributed by atoms with E-state index in [9.17, 15) is 9.59 Å². The Balaban J connectivity index is 2.09. The lowest BCUT2D eigenvalue weighted by atomic mass is 10.1. The molecule has 22 heavy (non-hydrogen) atoms. The van der Waals surface area contributed by atoms with E-state index in [2.05, 4.69) is 22.9 Å². The second-order valence-corrected chi connectivity index (χ2v) is 5.81. The van der Waals surface area contributed by atoms with E-state index >= 15 is 0 Å². The fourth-order valence-corrected chi connectivity index (χ4v) is 3.01. The molecular weight excluding hydrogens is 278 g/mol. The van der Waals surface area contributed by atoms with Crippen LogP contribution < -0.4 is 10.3 Å². The first-order chi connectivity index (χ1) is 10.6. The highest BCUT2D eigenvalue weighted by molar-refractivity contribution is 5.88. The first-order valence-electron chi connectivity index (χ1n) is 7.70. The van der Waals surface area contributed by atoms with Gasteiger partial charge in [0.2, 0.25) is 0 Å². The van der Waals surface area contributed by atoms with Crippen molar-refractivity contribution in [1.29, 1.82) is 0 Å². The summed E-state index contributed by atoms with van der Waals surface area (Å²) in [5.41, 5.74) is 2.08. The Bertz CT molecular complexity index is 758. The van der Waals surface area contributed by atoms with E-state index in [1.165, 1.54) is 0 Å². The van der Waals surface area contributed by atoms with E-state index in [-0.39, 0.29) is 11.0 Å². The Kier molecular flexibility index (Phi) is 3.98. The summed E-state index contributed by atoms with van der Waals surface area (Å²) in [4.78, 5) is 28.0. The number of pyridine rings is 1. The van der Waals surface area contributed by atoms with E-state index in [1.54, 1.807) is 6.20 Å². The van der Waals surface area contributed by atoms with Gasteiger partial charge in [0.05, 0.1) is 11.1 Å². The average Bonchev–Trinajstić information content (AvgIpc) is 2.55. The Morgan fingerprint density at radius 3 is 2.55 bits per heavy atom. The minimum Gasteiger partial charge on any atom is -0.369 e. The van der Waals surface area contributed by atoms with Gasteiger partial charge in [-0.05, 0) is 32.2 Å². The molecule has 0 bridgehead atoms. The lowest BCUT2D eigenvalue weighted by molar-refractivity contribution is 0.112. The third kappa shape index (κ3) is 2.52. The topological polar surface area (TPSA) is 45.6 Å². The van der Waals surface area contributed by atoms with Crippen molar-refractivity contribution in [3.63, 3.8) is 0 Å². The van der Waals surface area contributed by atoms with Gasteiger partial charge in [0.1, 0.15) is 0 Å². The average molecular weight is 299 g/mol. The monoisotopic (exact) mass is 299 g/mol. The number of fused-ring (bicyclic) bond motifs is 1. The third-order valence-corrected chi connectivity index (χ3v) is 4.43. The van der Waals surface area contributed by atoms with Crippen molar-refractivity contribution in [2.75, 3.05) is 38.1 Å². The van der Waals surface area contributed by atoms with Crippen LogP contribution in [-0.4, -0.2) is 49.0 Å². The van der Waals surface area contributed by atoms with Crippen LogP contribution in [0.1, 0.15) is 17.3 Å². The molecule has 1 aromatic carbocycles. The van der Waals surface area contributed by atoms with Gasteiger partial charge in [0, 0.05) is 50.0 Å². The normalized spacial score (nSPS) is 16.2. The molecule has 1 aromatic heterocycles. The number of piperazine rings is 1. The number of aldehydes is 1. The first-order valence-corrected chi connectivity index (χ1v) is 7.70. The number of aryl methyl sites for hydroxylation is 1. The maximum atomic E-state index is 12.3. The second kappa shape index (κ2) is 5.93. The summed E-state index contributed by atoms with van der Waals surface area (Å²) >= 11 is 0. The van der Waals surface area contributed by atoms with Crippen molar-refractivity contribution in [1.82, 2.24) is 9.47 Å². The molecule has 2 aromatic rings. The molecule has 5 nitrogen and oxygen atoms in total. The van der Waals surface area contributed by atoms with Crippen LogP contribution in [0.3, 0.4) is 0 Å². The van der Waals surface area contributed by atoms with Gasteiger partial charge in [0.25, 0.3) is 0 Å². The molecule has 0 N–H and O–H groups in total. The molecule has 0 atom stereocenters. The van der Waals surface area contributed by atoms with Gasteiger partial charge in [0.15, 0.2) is 11.7 Å². The van der Waals surface area contributed by atoms with Gasteiger partial charge in [-0.25, -0.2) is 0 Å². The lowest BCUT2D eigenvalue weighted by Gasteiger charge is -2.34. The molecule has 1 saturated heterocycles. The van der Waals surface area contributed by atoms with Gasteiger partial charge in [-0.2, -0.15) is 0 Å². The fraction of sp³-hybridized carbons (Fsp3) is 0.412. The fourth-order valence-electron chi connectivity index (χ4n) is 3.01. The van der Waals surface area contributed by atoms with Crippen LogP contribution in [0.25, 0.3) is 10.9 Å². The maximum absolute atomic E-state index is 12.3. The molecule has 5 heteroatoms. The van der Waals surface area contributed by atoms with Gasteiger partial charge < -0.3 is 14.4 Å². The number of carbonyl (C=O) groups is 1. The SMILES string of the molecule is CCn1cc(C=O)c(=O)c2ccc(N3CCN(C)CC3)cc21. The number of nitrogens with zero attached hydrogens (tertiary/aromatic N) is 3. The highest BCUT2D eigenvalue weighted by atomic mass is 16.1. The van der Waals surface area contributed by atoms with Gasteiger partial charge >= 0.3 is 0 Å². The van der Waals surface area contributed by atoms with Crippen LogP contribution in [0.15, 0.2) is 29.2 Å². The zero-order chi connectivity index (χ0) is 15.7. The van der Waals surface area contributed by atoms with E-state index in [0.717, 1.165) is 43.9 Å². The number of likely N-dealkylation sites (N-methyl/N-ethyl adjacent to an activating group) is 1. The molecule has 116 valence electrons. The predicted octanol–water partition coefficient (Wildman–Crippen LogP) is 1.59. The molecule has 0 unspecified atom stereocenters. The zero-order valence-electron chi connectivity index (χ0n) is 13.1. The molecule has 0 spiro atoms. The lowest BCUT2D eigenvalue weighted by Crippen LogP contribution is -2.44. The number of carbonyl (C=O) groups excluding carboxylic acids is 1. The molecule has 0 saturated carbocycles. The van der Waals surface area contributed by atoms with Crippen molar-refractivity contribution in [3.05, 3.63) is 40.2 Å². The maximum Gasteiger partial charge on any atom is 0.199 e. The van der Waals surface area contributed by atoms with Gasteiger partial charge in [-0.1, -0.05) is 0 Å². The van der Waals surface area contributed by atoms with Crippen LogP contribution in [-0.2, 0) is 6.54 Å². The Morgan fingerprint density at radius 2 is 1.91 bits per heavy atom. The molecule has 2 heterocycles.